The molecule has 3 rings (SSSR count). The minimum absolute atomic E-state index is 0.0844. The van der Waals surface area contributed by atoms with Gasteiger partial charge in [0.2, 0.25) is 0 Å². The Kier molecular flexibility index (Phi) is 3.61. The van der Waals surface area contributed by atoms with E-state index in [0.29, 0.717) is 36.0 Å². The molecule has 1 heterocycles. The SMILES string of the molecule is N#Cc1ccc(NS(=O)(=O)c2ccc3c(c2)OCCO3)cc1. The predicted molar refractivity (Wildman–Crippen MR) is 79.4 cm³/mol. The molecule has 112 valence electrons. The molecule has 2 aromatic rings. The van der Waals surface area contributed by atoms with Gasteiger partial charge in [-0.05, 0) is 36.4 Å². The van der Waals surface area contributed by atoms with Crippen LogP contribution in [0.5, 0.6) is 11.5 Å². The molecule has 0 fully saturated rings. The Morgan fingerprint density at radius 2 is 1.68 bits per heavy atom. The highest BCUT2D eigenvalue weighted by Crippen LogP contribution is 2.32. The molecule has 0 saturated heterocycles. The lowest BCUT2D eigenvalue weighted by atomic mass is 10.2. The second-order valence-electron chi connectivity index (χ2n) is 4.60. The molecular weight excluding hydrogens is 304 g/mol. The number of ether oxygens (including phenoxy) is 2. The Morgan fingerprint density at radius 1 is 1.00 bits per heavy atom. The molecule has 0 bridgehead atoms. The second kappa shape index (κ2) is 5.58. The van der Waals surface area contributed by atoms with E-state index >= 15 is 0 Å². The van der Waals surface area contributed by atoms with Crippen molar-refractivity contribution in [2.24, 2.45) is 0 Å². The van der Waals surface area contributed by atoms with Gasteiger partial charge in [0.05, 0.1) is 16.5 Å². The number of benzene rings is 2. The number of hydrogen-bond acceptors (Lipinski definition) is 5. The summed E-state index contributed by atoms with van der Waals surface area (Å²) in [5.74, 6) is 0.942. The summed E-state index contributed by atoms with van der Waals surface area (Å²) in [4.78, 5) is 0.0844. The largest absolute Gasteiger partial charge is 0.486 e. The topological polar surface area (TPSA) is 88.4 Å². The number of fused-ring (bicyclic) bond motifs is 1. The quantitative estimate of drug-likeness (QED) is 0.937. The van der Waals surface area contributed by atoms with E-state index in [4.69, 9.17) is 14.7 Å². The standard InChI is InChI=1S/C15H12N2O4S/c16-10-11-1-3-12(4-2-11)17-22(18,19)13-5-6-14-15(9-13)21-8-7-20-14/h1-6,9,17H,7-8H2. The van der Waals surface area contributed by atoms with E-state index in [9.17, 15) is 8.42 Å². The number of nitriles is 1. The molecule has 1 aliphatic heterocycles. The van der Waals surface area contributed by atoms with Crippen molar-refractivity contribution in [3.8, 4) is 17.6 Å². The van der Waals surface area contributed by atoms with Crippen LogP contribution in [0.4, 0.5) is 5.69 Å². The molecular formula is C15H12N2O4S. The van der Waals surface area contributed by atoms with Crippen LogP contribution in [-0.4, -0.2) is 21.6 Å². The van der Waals surface area contributed by atoms with Crippen LogP contribution in [0.2, 0.25) is 0 Å². The van der Waals surface area contributed by atoms with Gasteiger partial charge in [0, 0.05) is 11.8 Å². The monoisotopic (exact) mass is 316 g/mol. The molecule has 2 aromatic carbocycles. The summed E-state index contributed by atoms with van der Waals surface area (Å²) in [6.07, 6.45) is 0. The maximum absolute atomic E-state index is 12.4. The summed E-state index contributed by atoms with van der Waals surface area (Å²) in [6.45, 7) is 0.835. The van der Waals surface area contributed by atoms with Gasteiger partial charge in [-0.25, -0.2) is 8.42 Å². The van der Waals surface area contributed by atoms with Crippen molar-refractivity contribution in [3.63, 3.8) is 0 Å². The van der Waals surface area contributed by atoms with Crippen LogP contribution >= 0.6 is 0 Å². The first kappa shape index (κ1) is 14.2. The Bertz CT molecular complexity index is 839. The molecule has 0 aromatic heterocycles. The zero-order chi connectivity index (χ0) is 15.6. The number of hydrogen-bond donors (Lipinski definition) is 1. The first-order valence-corrected chi connectivity index (χ1v) is 7.99. The Hall–Kier alpha value is -2.72. The predicted octanol–water partition coefficient (Wildman–Crippen LogP) is 2.13. The lowest BCUT2D eigenvalue weighted by molar-refractivity contribution is 0.171. The minimum Gasteiger partial charge on any atom is -0.486 e. The van der Waals surface area contributed by atoms with Crippen LogP contribution in [0.3, 0.4) is 0 Å². The fourth-order valence-electron chi connectivity index (χ4n) is 2.02. The van der Waals surface area contributed by atoms with Crippen LogP contribution in [0.1, 0.15) is 5.56 Å². The number of sulfonamides is 1. The number of rotatable bonds is 3. The molecule has 0 spiro atoms. The van der Waals surface area contributed by atoms with E-state index < -0.39 is 10.0 Å². The van der Waals surface area contributed by atoms with Crippen molar-refractivity contribution in [2.75, 3.05) is 17.9 Å². The van der Waals surface area contributed by atoms with Gasteiger partial charge in [0.15, 0.2) is 11.5 Å². The molecule has 0 unspecified atom stereocenters. The van der Waals surface area contributed by atoms with Crippen molar-refractivity contribution < 1.29 is 17.9 Å². The minimum atomic E-state index is -3.73. The Morgan fingerprint density at radius 3 is 2.36 bits per heavy atom. The highest BCUT2D eigenvalue weighted by atomic mass is 32.2. The summed E-state index contributed by atoms with van der Waals surface area (Å²) in [7, 11) is -3.73. The molecule has 22 heavy (non-hydrogen) atoms. The summed E-state index contributed by atoms with van der Waals surface area (Å²) in [6, 6.07) is 12.6. The van der Waals surface area contributed by atoms with E-state index in [2.05, 4.69) is 4.72 Å². The zero-order valence-electron chi connectivity index (χ0n) is 11.4. The highest BCUT2D eigenvalue weighted by Gasteiger charge is 2.19. The van der Waals surface area contributed by atoms with Gasteiger partial charge in [-0.2, -0.15) is 5.26 Å². The normalized spacial score (nSPS) is 13.2. The third-order valence-corrected chi connectivity index (χ3v) is 4.47. The van der Waals surface area contributed by atoms with Crippen LogP contribution in [0.25, 0.3) is 0 Å². The number of anilines is 1. The third kappa shape index (κ3) is 2.82. The fourth-order valence-corrected chi connectivity index (χ4v) is 3.09. The summed E-state index contributed by atoms with van der Waals surface area (Å²) in [5.41, 5.74) is 0.844. The van der Waals surface area contributed by atoms with Gasteiger partial charge in [-0.3, -0.25) is 4.72 Å². The van der Waals surface area contributed by atoms with E-state index in [1.54, 1.807) is 18.2 Å². The van der Waals surface area contributed by atoms with Gasteiger partial charge >= 0.3 is 0 Å². The van der Waals surface area contributed by atoms with E-state index in [-0.39, 0.29) is 4.90 Å². The molecule has 0 amide bonds. The van der Waals surface area contributed by atoms with Crippen molar-refractivity contribution in [1.82, 2.24) is 0 Å². The maximum Gasteiger partial charge on any atom is 0.262 e. The second-order valence-corrected chi connectivity index (χ2v) is 6.28. The molecule has 0 radical (unpaired) electrons. The molecule has 1 aliphatic rings. The van der Waals surface area contributed by atoms with Crippen LogP contribution in [0, 0.1) is 11.3 Å². The fraction of sp³-hybridized carbons (Fsp3) is 0.133. The first-order valence-electron chi connectivity index (χ1n) is 6.51. The number of nitrogens with zero attached hydrogens (tertiary/aromatic N) is 1. The average molecular weight is 316 g/mol. The van der Waals surface area contributed by atoms with Gasteiger partial charge in [-0.15, -0.1) is 0 Å². The Labute approximate surface area is 128 Å². The van der Waals surface area contributed by atoms with Gasteiger partial charge in [-0.1, -0.05) is 0 Å². The molecule has 6 nitrogen and oxygen atoms in total. The van der Waals surface area contributed by atoms with Crippen LogP contribution < -0.4 is 14.2 Å². The average Bonchev–Trinajstić information content (AvgIpc) is 2.55. The lowest BCUT2D eigenvalue weighted by Crippen LogP contribution is -2.17. The van der Waals surface area contributed by atoms with E-state index in [0.717, 1.165) is 0 Å². The highest BCUT2D eigenvalue weighted by molar-refractivity contribution is 7.92. The molecule has 0 aliphatic carbocycles. The van der Waals surface area contributed by atoms with E-state index in [1.165, 1.54) is 24.3 Å². The molecule has 0 saturated carbocycles. The lowest BCUT2D eigenvalue weighted by Gasteiger charge is -2.19. The van der Waals surface area contributed by atoms with Gasteiger partial charge in [0.1, 0.15) is 13.2 Å². The van der Waals surface area contributed by atoms with Crippen molar-refractivity contribution in [2.45, 2.75) is 4.90 Å². The van der Waals surface area contributed by atoms with Gasteiger partial charge < -0.3 is 9.47 Å². The maximum atomic E-state index is 12.4. The molecule has 0 atom stereocenters. The van der Waals surface area contributed by atoms with Crippen molar-refractivity contribution >= 4 is 15.7 Å². The summed E-state index contributed by atoms with van der Waals surface area (Å²) < 4.78 is 37.9. The first-order chi connectivity index (χ1) is 10.6. The molecule has 1 N–H and O–H groups in total. The smallest absolute Gasteiger partial charge is 0.262 e. The molecule has 7 heteroatoms. The van der Waals surface area contributed by atoms with Crippen LogP contribution in [-0.2, 0) is 10.0 Å². The summed E-state index contributed by atoms with van der Waals surface area (Å²) in [5, 5.41) is 8.74. The summed E-state index contributed by atoms with van der Waals surface area (Å²) >= 11 is 0. The van der Waals surface area contributed by atoms with Gasteiger partial charge in [0.25, 0.3) is 10.0 Å². The number of nitrogens with one attached hydrogen (secondary N) is 1. The van der Waals surface area contributed by atoms with Crippen LogP contribution in [0.15, 0.2) is 47.4 Å². The van der Waals surface area contributed by atoms with Crippen molar-refractivity contribution in [1.29, 1.82) is 5.26 Å². The Balaban J connectivity index is 1.87. The third-order valence-electron chi connectivity index (χ3n) is 3.09. The zero-order valence-corrected chi connectivity index (χ0v) is 12.3. The van der Waals surface area contributed by atoms with E-state index in [1.807, 2.05) is 6.07 Å². The van der Waals surface area contributed by atoms with Crippen molar-refractivity contribution in [3.05, 3.63) is 48.0 Å².